The van der Waals surface area contributed by atoms with Gasteiger partial charge in [0.2, 0.25) is 5.95 Å². The zero-order valence-corrected chi connectivity index (χ0v) is 14.6. The van der Waals surface area contributed by atoms with Crippen LogP contribution in [0, 0.1) is 0 Å². The van der Waals surface area contributed by atoms with Crippen LogP contribution in [0.5, 0.6) is 0 Å². The number of carbonyl (C=O) groups excluding carboxylic acids is 1. The van der Waals surface area contributed by atoms with Crippen molar-refractivity contribution in [2.75, 3.05) is 10.6 Å². The summed E-state index contributed by atoms with van der Waals surface area (Å²) in [6.45, 7) is 0.602. The van der Waals surface area contributed by atoms with Crippen molar-refractivity contribution >= 4 is 40.7 Å². The topological polar surface area (TPSA) is 66.9 Å². The van der Waals surface area contributed by atoms with E-state index in [2.05, 4.69) is 20.6 Å². The Kier molecular flexibility index (Phi) is 5.48. The number of nitrogens with zero attached hydrogens (tertiary/aromatic N) is 2. The van der Waals surface area contributed by atoms with Gasteiger partial charge in [0, 0.05) is 24.0 Å². The van der Waals surface area contributed by atoms with Crippen molar-refractivity contribution in [2.24, 2.45) is 0 Å². The third kappa shape index (κ3) is 4.68. The molecule has 3 rings (SSSR count). The first kappa shape index (κ1) is 17.2. The van der Waals surface area contributed by atoms with E-state index in [1.54, 1.807) is 18.2 Å². The third-order valence-corrected chi connectivity index (χ3v) is 3.95. The van der Waals surface area contributed by atoms with Gasteiger partial charge in [-0.15, -0.1) is 0 Å². The average molecular weight is 373 g/mol. The standard InChI is InChI=1S/C18H14Cl2N4O/c19-14-6-7-15(20)16(8-14)24-17(25)13-10-22-18(23-11-13)21-9-12-4-2-1-3-5-12/h1-8,10-11H,9H2,(H,24,25)(H,21,22,23). The van der Waals surface area contributed by atoms with Crippen LogP contribution in [0.4, 0.5) is 11.6 Å². The molecular formula is C18H14Cl2N4O. The molecule has 0 saturated heterocycles. The molecule has 3 aromatic rings. The van der Waals surface area contributed by atoms with E-state index in [1.807, 2.05) is 30.3 Å². The van der Waals surface area contributed by atoms with Crippen molar-refractivity contribution in [1.82, 2.24) is 9.97 Å². The molecule has 2 aromatic carbocycles. The lowest BCUT2D eigenvalue weighted by atomic mass is 10.2. The van der Waals surface area contributed by atoms with E-state index in [9.17, 15) is 4.79 Å². The van der Waals surface area contributed by atoms with Crippen LogP contribution in [0.3, 0.4) is 0 Å². The zero-order valence-electron chi connectivity index (χ0n) is 13.0. The van der Waals surface area contributed by atoms with E-state index in [1.165, 1.54) is 12.4 Å². The van der Waals surface area contributed by atoms with Gasteiger partial charge in [0.05, 0.1) is 16.3 Å². The number of hydrogen-bond donors (Lipinski definition) is 2. The highest BCUT2D eigenvalue weighted by atomic mass is 35.5. The Labute approximate surface area is 155 Å². The Hall–Kier alpha value is -2.63. The van der Waals surface area contributed by atoms with Gasteiger partial charge in [-0.25, -0.2) is 9.97 Å². The SMILES string of the molecule is O=C(Nc1cc(Cl)ccc1Cl)c1cnc(NCc2ccccc2)nc1. The molecule has 5 nitrogen and oxygen atoms in total. The first-order valence-electron chi connectivity index (χ1n) is 7.48. The van der Waals surface area contributed by atoms with E-state index >= 15 is 0 Å². The Balaban J connectivity index is 1.63. The van der Waals surface area contributed by atoms with Gasteiger partial charge in [-0.05, 0) is 23.8 Å². The van der Waals surface area contributed by atoms with E-state index in [-0.39, 0.29) is 5.91 Å². The maximum atomic E-state index is 12.3. The summed E-state index contributed by atoms with van der Waals surface area (Å²) in [7, 11) is 0. The van der Waals surface area contributed by atoms with Crippen LogP contribution in [0.1, 0.15) is 15.9 Å². The predicted octanol–water partition coefficient (Wildman–Crippen LogP) is 4.65. The average Bonchev–Trinajstić information content (AvgIpc) is 2.64. The molecule has 126 valence electrons. The van der Waals surface area contributed by atoms with Crippen molar-refractivity contribution in [3.05, 3.63) is 82.1 Å². The van der Waals surface area contributed by atoms with Gasteiger partial charge >= 0.3 is 0 Å². The van der Waals surface area contributed by atoms with Crippen LogP contribution in [0.2, 0.25) is 10.0 Å². The van der Waals surface area contributed by atoms with Gasteiger partial charge in [-0.3, -0.25) is 4.79 Å². The molecule has 0 unspecified atom stereocenters. The Bertz CT molecular complexity index is 870. The molecule has 0 fully saturated rings. The predicted molar refractivity (Wildman–Crippen MR) is 100 cm³/mol. The van der Waals surface area contributed by atoms with Crippen molar-refractivity contribution < 1.29 is 4.79 Å². The fourth-order valence-electron chi connectivity index (χ4n) is 2.10. The summed E-state index contributed by atoms with van der Waals surface area (Å²) in [6.07, 6.45) is 2.90. The van der Waals surface area contributed by atoms with Crippen molar-refractivity contribution in [1.29, 1.82) is 0 Å². The summed E-state index contributed by atoms with van der Waals surface area (Å²) in [5.41, 5.74) is 1.87. The summed E-state index contributed by atoms with van der Waals surface area (Å²) in [6, 6.07) is 14.7. The molecule has 2 N–H and O–H groups in total. The molecule has 0 aliphatic heterocycles. The Morgan fingerprint density at radius 3 is 2.44 bits per heavy atom. The van der Waals surface area contributed by atoms with Crippen molar-refractivity contribution in [3.8, 4) is 0 Å². The molecule has 25 heavy (non-hydrogen) atoms. The quantitative estimate of drug-likeness (QED) is 0.683. The van der Waals surface area contributed by atoms with Crippen molar-refractivity contribution in [2.45, 2.75) is 6.54 Å². The first-order chi connectivity index (χ1) is 12.1. The summed E-state index contributed by atoms with van der Waals surface area (Å²) >= 11 is 11.9. The van der Waals surface area contributed by atoms with Crippen LogP contribution in [-0.4, -0.2) is 15.9 Å². The molecule has 0 bridgehead atoms. The van der Waals surface area contributed by atoms with Crippen molar-refractivity contribution in [3.63, 3.8) is 0 Å². The normalized spacial score (nSPS) is 10.3. The second kappa shape index (κ2) is 7.96. The number of carbonyl (C=O) groups is 1. The molecule has 7 heteroatoms. The summed E-state index contributed by atoms with van der Waals surface area (Å²) in [4.78, 5) is 20.6. The molecule has 1 amide bonds. The van der Waals surface area contributed by atoms with Crippen LogP contribution < -0.4 is 10.6 Å². The lowest BCUT2D eigenvalue weighted by Crippen LogP contribution is -2.13. The number of amides is 1. The number of anilines is 2. The lowest BCUT2D eigenvalue weighted by Gasteiger charge is -2.08. The molecule has 1 heterocycles. The second-order valence-electron chi connectivity index (χ2n) is 5.21. The first-order valence-corrected chi connectivity index (χ1v) is 8.23. The second-order valence-corrected chi connectivity index (χ2v) is 6.06. The van der Waals surface area contributed by atoms with Gasteiger partial charge in [-0.1, -0.05) is 53.5 Å². The van der Waals surface area contributed by atoms with Crippen LogP contribution >= 0.6 is 23.2 Å². The maximum absolute atomic E-state index is 12.3. The highest BCUT2D eigenvalue weighted by molar-refractivity contribution is 6.35. The summed E-state index contributed by atoms with van der Waals surface area (Å²) in [5, 5.41) is 6.68. The number of nitrogens with one attached hydrogen (secondary N) is 2. The zero-order chi connectivity index (χ0) is 17.6. The van der Waals surface area contributed by atoms with Gasteiger partial charge in [0.15, 0.2) is 0 Å². The highest BCUT2D eigenvalue weighted by Crippen LogP contribution is 2.25. The molecule has 0 aliphatic carbocycles. The molecule has 1 aromatic heterocycles. The van der Waals surface area contributed by atoms with E-state index in [4.69, 9.17) is 23.2 Å². The Morgan fingerprint density at radius 2 is 1.72 bits per heavy atom. The summed E-state index contributed by atoms with van der Waals surface area (Å²) < 4.78 is 0. The largest absolute Gasteiger partial charge is 0.350 e. The molecule has 0 saturated carbocycles. The van der Waals surface area contributed by atoms with E-state index < -0.39 is 0 Å². The fraction of sp³-hybridized carbons (Fsp3) is 0.0556. The smallest absolute Gasteiger partial charge is 0.258 e. The minimum Gasteiger partial charge on any atom is -0.350 e. The summed E-state index contributed by atoms with van der Waals surface area (Å²) in [5.74, 6) is 0.0833. The van der Waals surface area contributed by atoms with Crippen LogP contribution in [0.15, 0.2) is 60.9 Å². The minimum absolute atomic E-state index is 0.321. The fourth-order valence-corrected chi connectivity index (χ4v) is 2.44. The monoisotopic (exact) mass is 372 g/mol. The molecular weight excluding hydrogens is 359 g/mol. The van der Waals surface area contributed by atoms with Gasteiger partial charge in [-0.2, -0.15) is 0 Å². The maximum Gasteiger partial charge on any atom is 0.258 e. The van der Waals surface area contributed by atoms with Gasteiger partial charge in [0.1, 0.15) is 0 Å². The minimum atomic E-state index is -0.362. The molecule has 0 aliphatic rings. The third-order valence-electron chi connectivity index (χ3n) is 3.38. The number of hydrogen-bond acceptors (Lipinski definition) is 4. The van der Waals surface area contributed by atoms with Gasteiger partial charge in [0.25, 0.3) is 5.91 Å². The van der Waals surface area contributed by atoms with Gasteiger partial charge < -0.3 is 10.6 Å². The number of benzene rings is 2. The lowest BCUT2D eigenvalue weighted by molar-refractivity contribution is 0.102. The number of aromatic nitrogens is 2. The van der Waals surface area contributed by atoms with Crippen LogP contribution in [0.25, 0.3) is 0 Å². The van der Waals surface area contributed by atoms with E-state index in [0.29, 0.717) is 33.8 Å². The Morgan fingerprint density at radius 1 is 1.00 bits per heavy atom. The molecule has 0 radical (unpaired) electrons. The number of halogens is 2. The molecule has 0 atom stereocenters. The highest BCUT2D eigenvalue weighted by Gasteiger charge is 2.10. The van der Waals surface area contributed by atoms with E-state index in [0.717, 1.165) is 5.56 Å². The van der Waals surface area contributed by atoms with Crippen LogP contribution in [-0.2, 0) is 6.54 Å². The molecule has 0 spiro atoms. The number of rotatable bonds is 5.